The number of hydrogen-bond acceptors (Lipinski definition) is 5. The number of aryl methyl sites for hydroxylation is 1. The average Bonchev–Trinajstić information content (AvgIpc) is 2.97. The normalized spacial score (nSPS) is 13.4. The van der Waals surface area contributed by atoms with Gasteiger partial charge >= 0.3 is 5.97 Å². The first kappa shape index (κ1) is 16.6. The lowest BCUT2D eigenvalue weighted by Gasteiger charge is -2.14. The number of para-hydroxylation sites is 1. The van der Waals surface area contributed by atoms with E-state index in [1.54, 1.807) is 12.1 Å². The molecule has 8 heteroatoms. The molecule has 0 spiro atoms. The third kappa shape index (κ3) is 4.60. The standard InChI is InChI=1S/C15H18N2O6/c16-12(18)6-5-10(15(20)21)17-13(19)7-4-9-2-1-3-11-14(9)23-8-22-11/h1-3,10H,4-8H2,(H2,16,18)(H,17,19)(H,20,21)/t10-/m0/s1. The molecule has 0 bridgehead atoms. The summed E-state index contributed by atoms with van der Waals surface area (Å²) in [6.07, 6.45) is 0.351. The molecule has 124 valence electrons. The van der Waals surface area contributed by atoms with Gasteiger partial charge in [-0.05, 0) is 24.5 Å². The summed E-state index contributed by atoms with van der Waals surface area (Å²) in [5.41, 5.74) is 5.81. The Kier molecular flexibility index (Phi) is 5.40. The van der Waals surface area contributed by atoms with Gasteiger partial charge in [-0.15, -0.1) is 0 Å². The van der Waals surface area contributed by atoms with E-state index in [9.17, 15) is 14.4 Å². The summed E-state index contributed by atoms with van der Waals surface area (Å²) in [5, 5.41) is 11.4. The fourth-order valence-corrected chi connectivity index (χ4v) is 2.25. The van der Waals surface area contributed by atoms with Crippen LogP contribution in [0.5, 0.6) is 11.5 Å². The molecule has 1 aromatic rings. The van der Waals surface area contributed by atoms with Crippen LogP contribution in [-0.2, 0) is 20.8 Å². The molecule has 1 aliphatic heterocycles. The van der Waals surface area contributed by atoms with Gasteiger partial charge in [0.15, 0.2) is 11.5 Å². The third-order valence-corrected chi connectivity index (χ3v) is 3.41. The van der Waals surface area contributed by atoms with Crippen LogP contribution in [0.25, 0.3) is 0 Å². The lowest BCUT2D eigenvalue weighted by molar-refractivity contribution is -0.142. The van der Waals surface area contributed by atoms with E-state index < -0.39 is 23.8 Å². The zero-order chi connectivity index (χ0) is 16.8. The number of aliphatic carboxylic acids is 1. The molecule has 0 aliphatic carbocycles. The van der Waals surface area contributed by atoms with Crippen molar-refractivity contribution in [3.05, 3.63) is 23.8 Å². The minimum atomic E-state index is -1.20. The Bertz CT molecular complexity index is 616. The molecule has 0 fully saturated rings. The Morgan fingerprint density at radius 3 is 2.74 bits per heavy atom. The number of nitrogens with two attached hydrogens (primary N) is 1. The Balaban J connectivity index is 1.88. The average molecular weight is 322 g/mol. The quantitative estimate of drug-likeness (QED) is 0.626. The van der Waals surface area contributed by atoms with Gasteiger partial charge in [0.05, 0.1) is 0 Å². The van der Waals surface area contributed by atoms with E-state index in [1.165, 1.54) is 0 Å². The number of carboxylic acids is 1. The summed E-state index contributed by atoms with van der Waals surface area (Å²) in [4.78, 5) is 33.7. The maximum atomic E-state index is 11.9. The van der Waals surface area contributed by atoms with Gasteiger partial charge < -0.3 is 25.6 Å². The molecule has 0 unspecified atom stereocenters. The summed E-state index contributed by atoms with van der Waals surface area (Å²) in [7, 11) is 0. The van der Waals surface area contributed by atoms with Crippen molar-refractivity contribution in [2.45, 2.75) is 31.7 Å². The van der Waals surface area contributed by atoms with Crippen molar-refractivity contribution in [1.82, 2.24) is 5.32 Å². The van der Waals surface area contributed by atoms with Crippen LogP contribution in [0.15, 0.2) is 18.2 Å². The fourth-order valence-electron chi connectivity index (χ4n) is 2.25. The van der Waals surface area contributed by atoms with E-state index in [-0.39, 0.29) is 26.1 Å². The monoisotopic (exact) mass is 322 g/mol. The molecule has 2 amide bonds. The number of hydrogen-bond donors (Lipinski definition) is 3. The van der Waals surface area contributed by atoms with Crippen molar-refractivity contribution in [3.63, 3.8) is 0 Å². The molecule has 0 saturated heterocycles. The number of fused-ring (bicyclic) bond motifs is 1. The van der Waals surface area contributed by atoms with Crippen LogP contribution in [0.4, 0.5) is 0 Å². The maximum Gasteiger partial charge on any atom is 0.326 e. The molecule has 1 heterocycles. The number of nitrogens with one attached hydrogen (secondary N) is 1. The van der Waals surface area contributed by atoms with Crippen LogP contribution in [0, 0.1) is 0 Å². The highest BCUT2D eigenvalue weighted by Crippen LogP contribution is 2.35. The molecule has 2 rings (SSSR count). The summed E-state index contributed by atoms with van der Waals surface area (Å²) in [6.45, 7) is 0.146. The minimum absolute atomic E-state index is 0.0336. The summed E-state index contributed by atoms with van der Waals surface area (Å²) in [5.74, 6) is -0.977. The lowest BCUT2D eigenvalue weighted by Crippen LogP contribution is -2.41. The number of ether oxygens (including phenoxy) is 2. The second-order valence-corrected chi connectivity index (χ2v) is 5.11. The predicted octanol–water partition coefficient (Wildman–Crippen LogP) is 0.183. The molecular formula is C15H18N2O6. The number of amides is 2. The fraction of sp³-hybridized carbons (Fsp3) is 0.400. The third-order valence-electron chi connectivity index (χ3n) is 3.41. The van der Waals surface area contributed by atoms with Crippen LogP contribution in [0.1, 0.15) is 24.8 Å². The van der Waals surface area contributed by atoms with Crippen molar-refractivity contribution in [2.24, 2.45) is 5.73 Å². The second kappa shape index (κ2) is 7.48. The molecule has 0 aromatic heterocycles. The topological polar surface area (TPSA) is 128 Å². The van der Waals surface area contributed by atoms with Gasteiger partial charge in [0, 0.05) is 12.8 Å². The second-order valence-electron chi connectivity index (χ2n) is 5.11. The van der Waals surface area contributed by atoms with Crippen LogP contribution in [0.2, 0.25) is 0 Å². The number of rotatable bonds is 8. The zero-order valence-corrected chi connectivity index (χ0v) is 12.4. The van der Waals surface area contributed by atoms with Gasteiger partial charge in [-0.2, -0.15) is 0 Å². The minimum Gasteiger partial charge on any atom is -0.480 e. The first-order valence-electron chi connectivity index (χ1n) is 7.15. The highest BCUT2D eigenvalue weighted by Gasteiger charge is 2.21. The highest BCUT2D eigenvalue weighted by molar-refractivity contribution is 5.84. The first-order chi connectivity index (χ1) is 11.0. The van der Waals surface area contributed by atoms with Crippen LogP contribution < -0.4 is 20.5 Å². The molecule has 1 aliphatic rings. The SMILES string of the molecule is NC(=O)CC[C@H](NC(=O)CCc1cccc2c1OCO2)C(=O)O. The van der Waals surface area contributed by atoms with E-state index in [4.69, 9.17) is 20.3 Å². The molecule has 8 nitrogen and oxygen atoms in total. The van der Waals surface area contributed by atoms with Gasteiger partial charge in [-0.3, -0.25) is 9.59 Å². The van der Waals surface area contributed by atoms with Gasteiger partial charge in [-0.25, -0.2) is 4.79 Å². The Hall–Kier alpha value is -2.77. The van der Waals surface area contributed by atoms with E-state index in [2.05, 4.69) is 5.32 Å². The number of carbonyl (C=O) groups excluding carboxylic acids is 2. The number of benzene rings is 1. The number of carbonyl (C=O) groups is 3. The molecule has 0 radical (unpaired) electrons. The van der Waals surface area contributed by atoms with Gasteiger partial charge in [-0.1, -0.05) is 12.1 Å². The zero-order valence-electron chi connectivity index (χ0n) is 12.4. The summed E-state index contributed by atoms with van der Waals surface area (Å²) in [6, 6.07) is 4.27. The van der Waals surface area contributed by atoms with Crippen LogP contribution >= 0.6 is 0 Å². The van der Waals surface area contributed by atoms with E-state index in [1.807, 2.05) is 6.07 Å². The Morgan fingerprint density at radius 1 is 1.26 bits per heavy atom. The van der Waals surface area contributed by atoms with Gasteiger partial charge in [0.25, 0.3) is 0 Å². The molecular weight excluding hydrogens is 304 g/mol. The molecule has 4 N–H and O–H groups in total. The van der Waals surface area contributed by atoms with Crippen molar-refractivity contribution >= 4 is 17.8 Å². The summed E-state index contributed by atoms with van der Waals surface area (Å²) < 4.78 is 10.6. The largest absolute Gasteiger partial charge is 0.480 e. The number of carboxylic acid groups (broad SMARTS) is 1. The van der Waals surface area contributed by atoms with E-state index >= 15 is 0 Å². The van der Waals surface area contributed by atoms with E-state index in [0.29, 0.717) is 17.9 Å². The van der Waals surface area contributed by atoms with Gasteiger partial charge in [0.1, 0.15) is 6.04 Å². The summed E-state index contributed by atoms with van der Waals surface area (Å²) >= 11 is 0. The first-order valence-corrected chi connectivity index (χ1v) is 7.15. The van der Waals surface area contributed by atoms with Crippen molar-refractivity contribution in [3.8, 4) is 11.5 Å². The van der Waals surface area contributed by atoms with Crippen molar-refractivity contribution < 1.29 is 29.0 Å². The predicted molar refractivity (Wildman–Crippen MR) is 78.9 cm³/mol. The maximum absolute atomic E-state index is 11.9. The number of primary amides is 1. The van der Waals surface area contributed by atoms with Crippen molar-refractivity contribution in [2.75, 3.05) is 6.79 Å². The molecule has 1 aromatic carbocycles. The molecule has 23 heavy (non-hydrogen) atoms. The lowest BCUT2D eigenvalue weighted by atomic mass is 10.1. The highest BCUT2D eigenvalue weighted by atomic mass is 16.7. The van der Waals surface area contributed by atoms with Crippen molar-refractivity contribution in [1.29, 1.82) is 0 Å². The Morgan fingerprint density at radius 2 is 2.04 bits per heavy atom. The molecule has 1 atom stereocenters. The van der Waals surface area contributed by atoms with Gasteiger partial charge in [0.2, 0.25) is 18.6 Å². The molecule has 0 saturated carbocycles. The van der Waals surface area contributed by atoms with Crippen LogP contribution in [0.3, 0.4) is 0 Å². The smallest absolute Gasteiger partial charge is 0.326 e. The van der Waals surface area contributed by atoms with E-state index in [0.717, 1.165) is 5.56 Å². The Labute approximate surface area is 132 Å². The van der Waals surface area contributed by atoms with Crippen LogP contribution in [-0.4, -0.2) is 35.7 Å².